The Bertz CT molecular complexity index is 1030. The lowest BCUT2D eigenvalue weighted by molar-refractivity contribution is -0.148. The first-order valence-corrected chi connectivity index (χ1v) is 11.2. The van der Waals surface area contributed by atoms with Gasteiger partial charge in [0.05, 0.1) is 18.8 Å². The Hall–Kier alpha value is -2.70. The van der Waals surface area contributed by atoms with Crippen molar-refractivity contribution in [3.8, 4) is 0 Å². The van der Waals surface area contributed by atoms with Gasteiger partial charge in [-0.1, -0.05) is 48.5 Å². The number of para-hydroxylation sites is 1. The second-order valence-electron chi connectivity index (χ2n) is 9.27. The highest BCUT2D eigenvalue weighted by Crippen LogP contribution is 2.58. The Kier molecular flexibility index (Phi) is 4.24. The number of hydrogen-bond donors (Lipinski definition) is 1. The largest absolute Gasteiger partial charge is 0.468 e. The molecule has 0 bridgehead atoms. The van der Waals surface area contributed by atoms with Crippen molar-refractivity contribution in [1.29, 1.82) is 5.41 Å². The minimum atomic E-state index is -0.390. The molecule has 1 N–H and O–H groups in total. The third-order valence-electron chi connectivity index (χ3n) is 7.90. The van der Waals surface area contributed by atoms with Crippen LogP contribution in [0.5, 0.6) is 0 Å². The van der Waals surface area contributed by atoms with Crippen LogP contribution in [0.15, 0.2) is 54.6 Å². The minimum Gasteiger partial charge on any atom is -0.468 e. The van der Waals surface area contributed by atoms with E-state index in [0.29, 0.717) is 5.84 Å². The maximum Gasteiger partial charge on any atom is 0.323 e. The van der Waals surface area contributed by atoms with E-state index in [2.05, 4.69) is 69.3 Å². The van der Waals surface area contributed by atoms with E-state index in [1.807, 2.05) is 0 Å². The summed E-state index contributed by atoms with van der Waals surface area (Å²) >= 11 is 0. The highest BCUT2D eigenvalue weighted by Gasteiger charge is 2.67. The van der Waals surface area contributed by atoms with Crippen LogP contribution in [0.1, 0.15) is 36.3 Å². The summed E-state index contributed by atoms with van der Waals surface area (Å²) in [7, 11) is 1.48. The van der Waals surface area contributed by atoms with Gasteiger partial charge in [-0.15, -0.1) is 0 Å². The topological polar surface area (TPSA) is 59.9 Å². The number of esters is 1. The van der Waals surface area contributed by atoms with Gasteiger partial charge in [-0.25, -0.2) is 0 Å². The fourth-order valence-corrected chi connectivity index (χ4v) is 6.52. The van der Waals surface area contributed by atoms with Gasteiger partial charge >= 0.3 is 5.97 Å². The molecule has 160 valence electrons. The maximum atomic E-state index is 12.8. The second-order valence-corrected chi connectivity index (χ2v) is 9.27. The van der Waals surface area contributed by atoms with Crippen molar-refractivity contribution in [3.05, 3.63) is 65.7 Å². The molecule has 0 saturated carbocycles. The highest BCUT2D eigenvalue weighted by atomic mass is 16.5. The quantitative estimate of drug-likeness (QED) is 0.779. The zero-order valence-corrected chi connectivity index (χ0v) is 17.8. The Morgan fingerprint density at radius 3 is 2.55 bits per heavy atom. The van der Waals surface area contributed by atoms with Gasteiger partial charge in [-0.05, 0) is 36.5 Å². The highest BCUT2D eigenvalue weighted by molar-refractivity contribution is 6.08. The number of hydrogen-bond acceptors (Lipinski definition) is 5. The lowest BCUT2D eigenvalue weighted by atomic mass is 9.84. The molecule has 0 amide bonds. The molecule has 6 rings (SSSR count). The first-order valence-electron chi connectivity index (χ1n) is 11.2. The Balaban J connectivity index is 1.33. The van der Waals surface area contributed by atoms with E-state index in [0.717, 1.165) is 44.6 Å². The summed E-state index contributed by atoms with van der Waals surface area (Å²) in [5, 5.41) is 9.29. The zero-order valence-electron chi connectivity index (χ0n) is 17.8. The molecule has 0 radical (unpaired) electrons. The number of piperidine rings is 1. The number of anilines is 1. The number of ether oxygens (including phenoxy) is 1. The van der Waals surface area contributed by atoms with Crippen LogP contribution in [0.2, 0.25) is 0 Å². The van der Waals surface area contributed by atoms with Crippen molar-refractivity contribution in [2.24, 2.45) is 0 Å². The van der Waals surface area contributed by atoms with Crippen molar-refractivity contribution in [2.75, 3.05) is 25.1 Å². The molecule has 0 aromatic heterocycles. The average molecular weight is 417 g/mol. The number of rotatable bonds is 3. The van der Waals surface area contributed by atoms with E-state index in [9.17, 15) is 10.2 Å². The van der Waals surface area contributed by atoms with E-state index in [4.69, 9.17) is 4.74 Å². The first kappa shape index (κ1) is 19.0. The molecule has 6 heteroatoms. The first-order chi connectivity index (χ1) is 15.1. The molecule has 1 spiro atoms. The van der Waals surface area contributed by atoms with Crippen LogP contribution < -0.4 is 4.90 Å². The van der Waals surface area contributed by atoms with Gasteiger partial charge in [-0.3, -0.25) is 20.0 Å². The van der Waals surface area contributed by atoms with Crippen molar-refractivity contribution in [1.82, 2.24) is 9.80 Å². The molecule has 31 heavy (non-hydrogen) atoms. The number of methoxy groups -OCH3 is 1. The average Bonchev–Trinajstić information content (AvgIpc) is 3.42. The summed E-state index contributed by atoms with van der Waals surface area (Å²) in [6, 6.07) is 18.7. The molecule has 3 atom stereocenters. The van der Waals surface area contributed by atoms with Crippen LogP contribution >= 0.6 is 0 Å². The van der Waals surface area contributed by atoms with Crippen LogP contribution in [0, 0.1) is 5.41 Å². The predicted octanol–water partition coefficient (Wildman–Crippen LogP) is 3.19. The van der Waals surface area contributed by atoms with Crippen LogP contribution in [-0.2, 0) is 16.1 Å². The van der Waals surface area contributed by atoms with Gasteiger partial charge in [0, 0.05) is 31.2 Å². The van der Waals surface area contributed by atoms with Crippen LogP contribution in [0.4, 0.5) is 5.69 Å². The molecule has 0 unspecified atom stereocenters. The number of carbonyl (C=O) groups excluding carboxylic acids is 1. The van der Waals surface area contributed by atoms with Gasteiger partial charge in [-0.2, -0.15) is 0 Å². The molecule has 0 aliphatic carbocycles. The van der Waals surface area contributed by atoms with E-state index >= 15 is 0 Å². The number of nitrogens with one attached hydrogen (secondary N) is 1. The van der Waals surface area contributed by atoms with Crippen molar-refractivity contribution < 1.29 is 9.53 Å². The van der Waals surface area contributed by atoms with E-state index in [1.54, 1.807) is 0 Å². The number of nitrogens with zero attached hydrogens (tertiary/aromatic N) is 3. The molecular formula is C25H28N4O2. The molecule has 2 aromatic rings. The van der Waals surface area contributed by atoms with Crippen LogP contribution in [-0.4, -0.2) is 59.6 Å². The van der Waals surface area contributed by atoms with Gasteiger partial charge in [0.15, 0.2) is 0 Å². The summed E-state index contributed by atoms with van der Waals surface area (Å²) < 4.78 is 5.23. The molecule has 4 aliphatic heterocycles. The SMILES string of the molecule is COC(=O)[C@@H]1C[C@H]2c3ccccc3N3C(=N)C4(CCN(Cc5ccccc5)CC4)N1[C@@H]23. The van der Waals surface area contributed by atoms with Gasteiger partial charge in [0.1, 0.15) is 11.9 Å². The van der Waals surface area contributed by atoms with E-state index in [-0.39, 0.29) is 29.6 Å². The van der Waals surface area contributed by atoms with Crippen LogP contribution in [0.25, 0.3) is 0 Å². The van der Waals surface area contributed by atoms with Crippen molar-refractivity contribution >= 4 is 17.5 Å². The summed E-state index contributed by atoms with van der Waals surface area (Å²) in [5.41, 5.74) is 3.35. The Morgan fingerprint density at radius 2 is 1.81 bits per heavy atom. The number of likely N-dealkylation sites (tertiary alicyclic amines) is 1. The smallest absolute Gasteiger partial charge is 0.323 e. The second kappa shape index (κ2) is 6.90. The molecule has 2 aromatic carbocycles. The monoisotopic (exact) mass is 416 g/mol. The minimum absolute atomic E-state index is 0.0645. The molecule has 3 fully saturated rings. The molecule has 4 heterocycles. The Morgan fingerprint density at radius 1 is 1.10 bits per heavy atom. The molecular weight excluding hydrogens is 388 g/mol. The lowest BCUT2D eigenvalue weighted by Gasteiger charge is -2.45. The van der Waals surface area contributed by atoms with Crippen LogP contribution in [0.3, 0.4) is 0 Å². The summed E-state index contributed by atoms with van der Waals surface area (Å²) in [4.78, 5) is 19.9. The predicted molar refractivity (Wildman–Crippen MR) is 119 cm³/mol. The van der Waals surface area contributed by atoms with Crippen molar-refractivity contribution in [2.45, 2.75) is 49.5 Å². The van der Waals surface area contributed by atoms with E-state index in [1.165, 1.54) is 18.2 Å². The number of amidine groups is 1. The summed E-state index contributed by atoms with van der Waals surface area (Å²) in [6.45, 7) is 2.78. The van der Waals surface area contributed by atoms with Gasteiger partial charge < -0.3 is 9.64 Å². The molecule has 6 nitrogen and oxygen atoms in total. The van der Waals surface area contributed by atoms with Gasteiger partial charge in [0.25, 0.3) is 0 Å². The lowest BCUT2D eigenvalue weighted by Crippen LogP contribution is -2.59. The third-order valence-corrected chi connectivity index (χ3v) is 7.90. The standard InChI is InChI=1S/C25H28N4O2/c1-31-23(30)21-15-19-18-9-5-6-10-20(18)28-22(19)29(21)25(24(28)26)11-13-27(14-12-25)16-17-7-3-2-4-8-17/h2-10,19,21-22,26H,11-16H2,1H3/t19-,21-,22-/m0/s1. The van der Waals surface area contributed by atoms with Crippen molar-refractivity contribution in [3.63, 3.8) is 0 Å². The number of benzene rings is 2. The fourth-order valence-electron chi connectivity index (χ4n) is 6.52. The normalized spacial score (nSPS) is 28.7. The fraction of sp³-hybridized carbons (Fsp3) is 0.440. The van der Waals surface area contributed by atoms with Gasteiger partial charge in [0.2, 0.25) is 0 Å². The molecule has 3 saturated heterocycles. The zero-order chi connectivity index (χ0) is 21.2. The maximum absolute atomic E-state index is 12.8. The number of carbonyl (C=O) groups is 1. The number of fused-ring (bicyclic) bond motifs is 4. The summed E-state index contributed by atoms with van der Waals surface area (Å²) in [6.07, 6.45) is 2.57. The third kappa shape index (κ3) is 2.58. The molecule has 4 aliphatic rings. The van der Waals surface area contributed by atoms with E-state index < -0.39 is 0 Å². The summed E-state index contributed by atoms with van der Waals surface area (Å²) in [5.74, 6) is 0.760. The Labute approximate surface area is 182 Å².